The van der Waals surface area contributed by atoms with Gasteiger partial charge < -0.3 is 25.2 Å². The SMILES string of the molecule is O=C(NC(CCOC1CC(CCc2ccc3c(n2)NCCC3)C1)C(=O)O)OC1CCCCC1. The van der Waals surface area contributed by atoms with Crippen LogP contribution in [0.3, 0.4) is 0 Å². The van der Waals surface area contributed by atoms with Crippen LogP contribution >= 0.6 is 0 Å². The second-order valence-electron chi connectivity index (χ2n) is 9.70. The standard InChI is InChI=1S/C25H37N3O5/c29-24(30)22(28-25(31)33-20-6-2-1-3-7-20)12-14-32-21-15-17(16-21)8-10-19-11-9-18-5-4-13-26-23(18)27-19/h9,11,17,20-22H,1-8,10,12-16H2,(H,26,27)(H,28,31)(H,29,30). The minimum absolute atomic E-state index is 0.0934. The summed E-state index contributed by atoms with van der Waals surface area (Å²) >= 11 is 0. The molecule has 4 rings (SSSR count). The second-order valence-corrected chi connectivity index (χ2v) is 9.70. The number of aromatic nitrogens is 1. The first-order valence-electron chi connectivity index (χ1n) is 12.6. The Kier molecular flexibility index (Phi) is 8.42. The van der Waals surface area contributed by atoms with Crippen molar-refractivity contribution in [1.29, 1.82) is 0 Å². The third-order valence-electron chi connectivity index (χ3n) is 7.13. The largest absolute Gasteiger partial charge is 0.480 e. The Morgan fingerprint density at radius 2 is 1.97 bits per heavy atom. The molecule has 1 aliphatic heterocycles. The van der Waals surface area contributed by atoms with E-state index < -0.39 is 18.1 Å². The molecule has 1 aromatic rings. The summed E-state index contributed by atoms with van der Waals surface area (Å²) in [7, 11) is 0. The second kappa shape index (κ2) is 11.7. The Hall–Kier alpha value is -2.35. The fourth-order valence-electron chi connectivity index (χ4n) is 5.03. The smallest absolute Gasteiger partial charge is 0.408 e. The minimum Gasteiger partial charge on any atom is -0.480 e. The van der Waals surface area contributed by atoms with E-state index in [0.29, 0.717) is 12.5 Å². The van der Waals surface area contributed by atoms with Crippen molar-refractivity contribution < 1.29 is 24.2 Å². The van der Waals surface area contributed by atoms with E-state index in [1.807, 2.05) is 0 Å². The summed E-state index contributed by atoms with van der Waals surface area (Å²) in [6, 6.07) is 3.37. The van der Waals surface area contributed by atoms with E-state index in [-0.39, 0.29) is 18.6 Å². The topological polar surface area (TPSA) is 110 Å². The molecule has 2 heterocycles. The molecule has 8 heteroatoms. The Balaban J connectivity index is 1.10. The van der Waals surface area contributed by atoms with Gasteiger partial charge in [0.15, 0.2) is 0 Å². The van der Waals surface area contributed by atoms with Gasteiger partial charge in [-0.2, -0.15) is 0 Å². The first-order chi connectivity index (χ1) is 16.1. The Bertz CT molecular complexity index is 805. The van der Waals surface area contributed by atoms with E-state index in [2.05, 4.69) is 22.8 Å². The lowest BCUT2D eigenvalue weighted by Crippen LogP contribution is -2.43. The van der Waals surface area contributed by atoms with Crippen LogP contribution in [0.15, 0.2) is 12.1 Å². The highest BCUT2D eigenvalue weighted by molar-refractivity contribution is 5.79. The normalized spacial score (nSPS) is 23.5. The molecule has 182 valence electrons. The molecule has 0 aromatic carbocycles. The number of carboxylic acid groups (broad SMARTS) is 1. The molecule has 33 heavy (non-hydrogen) atoms. The van der Waals surface area contributed by atoms with Crippen molar-refractivity contribution in [3.05, 3.63) is 23.4 Å². The zero-order valence-electron chi connectivity index (χ0n) is 19.4. The maximum atomic E-state index is 12.1. The summed E-state index contributed by atoms with van der Waals surface area (Å²) in [6.45, 7) is 1.32. The van der Waals surface area contributed by atoms with Crippen molar-refractivity contribution in [3.8, 4) is 0 Å². The van der Waals surface area contributed by atoms with E-state index in [9.17, 15) is 14.7 Å². The fraction of sp³-hybridized carbons (Fsp3) is 0.720. The monoisotopic (exact) mass is 459 g/mol. The summed E-state index contributed by atoms with van der Waals surface area (Å²) < 4.78 is 11.2. The van der Waals surface area contributed by atoms with Crippen molar-refractivity contribution in [3.63, 3.8) is 0 Å². The highest BCUT2D eigenvalue weighted by atomic mass is 16.6. The maximum Gasteiger partial charge on any atom is 0.408 e. The van der Waals surface area contributed by atoms with Crippen molar-refractivity contribution in [2.45, 2.75) is 95.3 Å². The lowest BCUT2D eigenvalue weighted by molar-refractivity contribution is -0.140. The van der Waals surface area contributed by atoms with Crippen LogP contribution in [0.1, 0.15) is 75.5 Å². The average molecular weight is 460 g/mol. The zero-order chi connectivity index (χ0) is 23.0. The first-order valence-corrected chi connectivity index (χ1v) is 12.6. The van der Waals surface area contributed by atoms with Gasteiger partial charge in [0, 0.05) is 25.3 Å². The van der Waals surface area contributed by atoms with Crippen LogP contribution < -0.4 is 10.6 Å². The number of carbonyl (C=O) groups excluding carboxylic acids is 1. The van der Waals surface area contributed by atoms with Crippen LogP contribution in [0.2, 0.25) is 0 Å². The lowest BCUT2D eigenvalue weighted by Gasteiger charge is -2.35. The lowest BCUT2D eigenvalue weighted by atomic mass is 9.79. The van der Waals surface area contributed by atoms with Gasteiger partial charge in [0.25, 0.3) is 0 Å². The van der Waals surface area contributed by atoms with Crippen molar-refractivity contribution >= 4 is 17.9 Å². The molecule has 2 saturated carbocycles. The number of aliphatic carboxylic acids is 1. The van der Waals surface area contributed by atoms with Gasteiger partial charge in [-0.3, -0.25) is 0 Å². The van der Waals surface area contributed by atoms with Crippen molar-refractivity contribution in [2.75, 3.05) is 18.5 Å². The number of pyridine rings is 1. The van der Waals surface area contributed by atoms with Gasteiger partial charge in [-0.05, 0) is 81.8 Å². The fourth-order valence-corrected chi connectivity index (χ4v) is 5.03. The molecule has 2 fully saturated rings. The van der Waals surface area contributed by atoms with Crippen LogP contribution in [0.25, 0.3) is 0 Å². The molecule has 3 N–H and O–H groups in total. The number of alkyl carbamates (subject to hydrolysis) is 1. The van der Waals surface area contributed by atoms with E-state index in [0.717, 1.165) is 75.8 Å². The van der Waals surface area contributed by atoms with Crippen LogP contribution in [-0.2, 0) is 27.1 Å². The molecule has 1 atom stereocenters. The molecule has 8 nitrogen and oxygen atoms in total. The molecule has 0 bridgehead atoms. The molecule has 0 saturated heterocycles. The minimum atomic E-state index is -1.06. The number of hydrogen-bond acceptors (Lipinski definition) is 6. The summed E-state index contributed by atoms with van der Waals surface area (Å²) in [6.07, 6.45) is 11.0. The first kappa shape index (κ1) is 23.8. The van der Waals surface area contributed by atoms with Gasteiger partial charge in [0.2, 0.25) is 0 Å². The average Bonchev–Trinajstić information content (AvgIpc) is 2.79. The van der Waals surface area contributed by atoms with Crippen molar-refractivity contribution in [2.24, 2.45) is 5.92 Å². The molecule has 3 aliphatic rings. The molecule has 1 amide bonds. The highest BCUT2D eigenvalue weighted by Gasteiger charge is 2.30. The molecule has 1 unspecified atom stereocenters. The van der Waals surface area contributed by atoms with Gasteiger partial charge in [0.05, 0.1) is 6.10 Å². The number of hydrogen-bond donors (Lipinski definition) is 3. The third-order valence-corrected chi connectivity index (χ3v) is 7.13. The number of carbonyl (C=O) groups is 2. The maximum absolute atomic E-state index is 12.1. The molecule has 0 spiro atoms. The molecule has 0 radical (unpaired) electrons. The molecule has 1 aromatic heterocycles. The van der Waals surface area contributed by atoms with E-state index in [1.165, 1.54) is 18.4 Å². The predicted molar refractivity (Wildman–Crippen MR) is 124 cm³/mol. The Morgan fingerprint density at radius 3 is 2.76 bits per heavy atom. The molecular weight excluding hydrogens is 422 g/mol. The number of amides is 1. The number of ether oxygens (including phenoxy) is 2. The quantitative estimate of drug-likeness (QED) is 0.484. The number of aryl methyl sites for hydroxylation is 2. The number of nitrogens with one attached hydrogen (secondary N) is 2. The van der Waals surface area contributed by atoms with Crippen molar-refractivity contribution in [1.82, 2.24) is 10.3 Å². The molecular formula is C25H37N3O5. The highest BCUT2D eigenvalue weighted by Crippen LogP contribution is 2.34. The zero-order valence-corrected chi connectivity index (χ0v) is 19.4. The number of rotatable bonds is 10. The van der Waals surface area contributed by atoms with Crippen LogP contribution in [0.4, 0.5) is 10.6 Å². The van der Waals surface area contributed by atoms with Gasteiger partial charge in [-0.15, -0.1) is 0 Å². The summed E-state index contributed by atoms with van der Waals surface area (Å²) in [5.74, 6) is 0.621. The summed E-state index contributed by atoms with van der Waals surface area (Å²) in [5, 5.41) is 15.3. The number of nitrogens with zero attached hydrogens (tertiary/aromatic N) is 1. The van der Waals surface area contributed by atoms with Gasteiger partial charge in [0.1, 0.15) is 18.0 Å². The van der Waals surface area contributed by atoms with Gasteiger partial charge >= 0.3 is 12.1 Å². The summed E-state index contributed by atoms with van der Waals surface area (Å²) in [4.78, 5) is 28.3. The Labute approximate surface area is 195 Å². The third kappa shape index (κ3) is 7.06. The van der Waals surface area contributed by atoms with E-state index in [4.69, 9.17) is 14.5 Å². The predicted octanol–water partition coefficient (Wildman–Crippen LogP) is 4.07. The number of fused-ring (bicyclic) bond motifs is 1. The summed E-state index contributed by atoms with van der Waals surface area (Å²) in [5.41, 5.74) is 2.46. The van der Waals surface area contributed by atoms with Gasteiger partial charge in [-0.1, -0.05) is 12.5 Å². The number of anilines is 1. The number of carboxylic acids is 1. The van der Waals surface area contributed by atoms with E-state index >= 15 is 0 Å². The van der Waals surface area contributed by atoms with Crippen LogP contribution in [0, 0.1) is 5.92 Å². The van der Waals surface area contributed by atoms with Crippen LogP contribution in [0.5, 0.6) is 0 Å². The van der Waals surface area contributed by atoms with E-state index in [1.54, 1.807) is 0 Å². The van der Waals surface area contributed by atoms with Crippen LogP contribution in [-0.4, -0.2) is 53.6 Å². The Morgan fingerprint density at radius 1 is 1.15 bits per heavy atom. The molecule has 2 aliphatic carbocycles. The van der Waals surface area contributed by atoms with Gasteiger partial charge in [-0.25, -0.2) is 14.6 Å².